The minimum absolute atomic E-state index is 0.664. The van der Waals surface area contributed by atoms with E-state index in [0.29, 0.717) is 0 Å². The summed E-state index contributed by atoms with van der Waals surface area (Å²) in [5.74, 6) is 0. The van der Waals surface area contributed by atoms with E-state index in [1.165, 1.54) is 34.0 Å². The predicted molar refractivity (Wildman–Crippen MR) is 230 cm³/mol. The molecule has 0 saturated carbocycles. The smallest absolute Gasteiger partial charge is 0.416 e. The Morgan fingerprint density at radius 3 is 1.19 bits per heavy atom. The Morgan fingerprint density at radius 1 is 0.316 bits per heavy atom. The fourth-order valence-corrected chi connectivity index (χ4v) is 9.14. The highest BCUT2D eigenvalue weighted by atomic mass is 19.4. The second-order valence-corrected chi connectivity index (χ2v) is 14.6. The van der Waals surface area contributed by atoms with Gasteiger partial charge in [-0.25, -0.2) is 0 Å². The van der Waals surface area contributed by atoms with E-state index < -0.39 is 11.7 Å². The largest absolute Gasteiger partial charge is 0.455 e. The van der Waals surface area contributed by atoms with Crippen LogP contribution in [0.1, 0.15) is 5.56 Å². The van der Waals surface area contributed by atoms with E-state index in [0.717, 1.165) is 87.6 Å². The molecule has 270 valence electrons. The van der Waals surface area contributed by atoms with Gasteiger partial charge in [0.15, 0.2) is 0 Å². The molecular formula is C53H31F3O. The van der Waals surface area contributed by atoms with Gasteiger partial charge in [0, 0.05) is 21.9 Å². The zero-order valence-electron chi connectivity index (χ0n) is 30.4. The Bertz CT molecular complexity index is 3260. The minimum atomic E-state index is -4.41. The quantitative estimate of drug-likeness (QED) is 0.164. The Balaban J connectivity index is 1.20. The number of hydrogen-bond acceptors (Lipinski definition) is 1. The highest BCUT2D eigenvalue weighted by Gasteiger charge is 2.30. The van der Waals surface area contributed by atoms with Gasteiger partial charge >= 0.3 is 6.18 Å². The highest BCUT2D eigenvalue weighted by Crippen LogP contribution is 2.50. The van der Waals surface area contributed by atoms with Crippen LogP contribution in [0, 0.1) is 0 Å². The van der Waals surface area contributed by atoms with Crippen LogP contribution in [0.5, 0.6) is 0 Å². The first kappa shape index (κ1) is 33.2. The third kappa shape index (κ3) is 5.11. The number of furan rings is 1. The third-order valence-electron chi connectivity index (χ3n) is 11.5. The van der Waals surface area contributed by atoms with Gasteiger partial charge < -0.3 is 4.42 Å². The van der Waals surface area contributed by atoms with Crippen LogP contribution in [0.25, 0.3) is 110 Å². The summed E-state index contributed by atoms with van der Waals surface area (Å²) in [6.45, 7) is 0. The molecule has 0 radical (unpaired) electrons. The number of halogens is 3. The Kier molecular flexibility index (Phi) is 7.39. The van der Waals surface area contributed by atoms with Gasteiger partial charge in [0.1, 0.15) is 11.2 Å². The van der Waals surface area contributed by atoms with Gasteiger partial charge in [-0.05, 0) is 94.7 Å². The SMILES string of the molecule is FC(F)(F)c1ccc(-c2c3ccccc3c(-c3cccc4oc5c(-c6c7ccccc7c(-c7ccccc7)c7ccccc67)cccc5c34)c3ccccc23)cc1. The van der Waals surface area contributed by atoms with Gasteiger partial charge in [0.05, 0.1) is 5.56 Å². The van der Waals surface area contributed by atoms with Crippen molar-refractivity contribution in [2.75, 3.05) is 0 Å². The normalized spacial score (nSPS) is 12.1. The van der Waals surface area contributed by atoms with Crippen molar-refractivity contribution in [2.45, 2.75) is 6.18 Å². The van der Waals surface area contributed by atoms with Crippen molar-refractivity contribution >= 4 is 65.0 Å². The van der Waals surface area contributed by atoms with Crippen molar-refractivity contribution in [1.82, 2.24) is 0 Å². The molecular weight excluding hydrogens is 710 g/mol. The second-order valence-electron chi connectivity index (χ2n) is 14.6. The van der Waals surface area contributed by atoms with Gasteiger partial charge in [-0.1, -0.05) is 170 Å². The van der Waals surface area contributed by atoms with Gasteiger partial charge in [-0.15, -0.1) is 0 Å². The van der Waals surface area contributed by atoms with Gasteiger partial charge in [0.2, 0.25) is 0 Å². The lowest BCUT2D eigenvalue weighted by atomic mass is 9.84. The summed E-state index contributed by atoms with van der Waals surface area (Å²) >= 11 is 0. The Labute approximate surface area is 325 Å². The molecule has 0 bridgehead atoms. The molecule has 0 spiro atoms. The molecule has 1 heterocycles. The molecule has 0 unspecified atom stereocenters. The van der Waals surface area contributed by atoms with Crippen LogP contribution in [0.4, 0.5) is 13.2 Å². The molecule has 0 saturated heterocycles. The molecule has 0 atom stereocenters. The van der Waals surface area contributed by atoms with Crippen molar-refractivity contribution in [2.24, 2.45) is 0 Å². The van der Waals surface area contributed by atoms with Gasteiger partial charge in [-0.2, -0.15) is 13.2 Å². The molecule has 0 aliphatic heterocycles. The van der Waals surface area contributed by atoms with E-state index in [2.05, 4.69) is 127 Å². The Hall–Kier alpha value is -7.17. The number of rotatable bonds is 4. The van der Waals surface area contributed by atoms with Gasteiger partial charge in [0.25, 0.3) is 0 Å². The lowest BCUT2D eigenvalue weighted by Crippen LogP contribution is -2.04. The summed E-state index contributed by atoms with van der Waals surface area (Å²) in [6, 6.07) is 62.5. The molecule has 0 aliphatic rings. The van der Waals surface area contributed by atoms with Crippen LogP contribution in [0.2, 0.25) is 0 Å². The van der Waals surface area contributed by atoms with E-state index in [9.17, 15) is 13.2 Å². The van der Waals surface area contributed by atoms with E-state index in [1.807, 2.05) is 36.4 Å². The van der Waals surface area contributed by atoms with Gasteiger partial charge in [-0.3, -0.25) is 0 Å². The summed E-state index contributed by atoms with van der Waals surface area (Å²) in [7, 11) is 0. The van der Waals surface area contributed by atoms with Crippen LogP contribution in [0.15, 0.2) is 192 Å². The topological polar surface area (TPSA) is 13.1 Å². The number of benzene rings is 10. The molecule has 0 fully saturated rings. The molecule has 1 aromatic heterocycles. The standard InChI is InChI=1S/C53H31F3O/c54-53(55,56)34-30-28-33(29-31-34)48-35-16-4-8-20-39(35)49(40-21-9-5-17-36(40)48)43-24-13-27-46-51(43)45-26-12-25-44(52(45)57-46)50-41-22-10-6-18-37(41)47(32-14-2-1-3-15-32)38-19-7-11-23-42(38)50/h1-31H. The van der Waals surface area contributed by atoms with E-state index in [1.54, 1.807) is 12.1 Å². The molecule has 4 heteroatoms. The van der Waals surface area contributed by atoms with Crippen molar-refractivity contribution in [3.8, 4) is 44.5 Å². The predicted octanol–water partition coefficient (Wildman–Crippen LogP) is 15.9. The lowest BCUT2D eigenvalue weighted by molar-refractivity contribution is -0.137. The third-order valence-corrected chi connectivity index (χ3v) is 11.5. The molecule has 0 aliphatic carbocycles. The van der Waals surface area contributed by atoms with Crippen LogP contribution >= 0.6 is 0 Å². The summed E-state index contributed by atoms with van der Waals surface area (Å²) in [4.78, 5) is 0. The average molecular weight is 741 g/mol. The Morgan fingerprint density at radius 2 is 0.702 bits per heavy atom. The van der Waals surface area contributed by atoms with Crippen molar-refractivity contribution in [3.63, 3.8) is 0 Å². The number of para-hydroxylation sites is 1. The molecule has 11 aromatic rings. The fraction of sp³-hybridized carbons (Fsp3) is 0.0189. The zero-order valence-corrected chi connectivity index (χ0v) is 30.4. The van der Waals surface area contributed by atoms with Crippen LogP contribution in [-0.4, -0.2) is 0 Å². The number of hydrogen-bond donors (Lipinski definition) is 0. The highest BCUT2D eigenvalue weighted by molar-refractivity contribution is 6.28. The van der Waals surface area contributed by atoms with Crippen molar-refractivity contribution in [3.05, 3.63) is 194 Å². The summed E-state index contributed by atoms with van der Waals surface area (Å²) < 4.78 is 47.8. The van der Waals surface area contributed by atoms with Crippen LogP contribution < -0.4 is 0 Å². The maximum atomic E-state index is 13.6. The molecule has 10 aromatic carbocycles. The second kappa shape index (κ2) is 12.7. The molecule has 11 rings (SSSR count). The zero-order chi connectivity index (χ0) is 38.3. The van der Waals surface area contributed by atoms with E-state index in [4.69, 9.17) is 4.42 Å². The van der Waals surface area contributed by atoms with E-state index in [-0.39, 0.29) is 0 Å². The molecule has 57 heavy (non-hydrogen) atoms. The number of fused-ring (bicyclic) bond motifs is 7. The minimum Gasteiger partial charge on any atom is -0.455 e. The first-order valence-electron chi connectivity index (χ1n) is 19.0. The van der Waals surface area contributed by atoms with Crippen molar-refractivity contribution < 1.29 is 17.6 Å². The molecule has 1 nitrogen and oxygen atoms in total. The average Bonchev–Trinajstić information content (AvgIpc) is 3.64. The first-order chi connectivity index (χ1) is 28.0. The fourth-order valence-electron chi connectivity index (χ4n) is 9.14. The van der Waals surface area contributed by atoms with Crippen LogP contribution in [0.3, 0.4) is 0 Å². The number of alkyl halides is 3. The molecule has 0 amide bonds. The lowest BCUT2D eigenvalue weighted by Gasteiger charge is -2.18. The maximum Gasteiger partial charge on any atom is 0.416 e. The summed E-state index contributed by atoms with van der Waals surface area (Å²) in [5, 5.41) is 10.6. The van der Waals surface area contributed by atoms with Crippen molar-refractivity contribution in [1.29, 1.82) is 0 Å². The van der Waals surface area contributed by atoms with Crippen LogP contribution in [-0.2, 0) is 6.18 Å². The molecule has 0 N–H and O–H groups in total. The maximum absolute atomic E-state index is 13.6. The first-order valence-corrected chi connectivity index (χ1v) is 19.0. The van der Waals surface area contributed by atoms with E-state index >= 15 is 0 Å². The monoisotopic (exact) mass is 740 g/mol. The summed E-state index contributed by atoms with van der Waals surface area (Å²) in [6.07, 6.45) is -4.41. The summed E-state index contributed by atoms with van der Waals surface area (Å²) in [5.41, 5.74) is 9.19.